The van der Waals surface area contributed by atoms with Crippen LogP contribution in [0.2, 0.25) is 5.02 Å². The average Bonchev–Trinajstić information content (AvgIpc) is 2.91. The van der Waals surface area contributed by atoms with Crippen molar-refractivity contribution in [2.75, 3.05) is 7.05 Å². The normalized spacial score (nSPS) is 12.0. The highest BCUT2D eigenvalue weighted by Crippen LogP contribution is 2.22. The van der Waals surface area contributed by atoms with E-state index in [1.165, 1.54) is 17.8 Å². The van der Waals surface area contributed by atoms with E-state index in [0.29, 0.717) is 5.02 Å². The third-order valence-corrected chi connectivity index (χ3v) is 3.38. The SMILES string of the molecule is CNC(=O)c1cc(C(N)=O)n(C(C)c2cccc(Cl)c2)n1. The number of hydrogen-bond donors (Lipinski definition) is 2. The van der Waals surface area contributed by atoms with E-state index in [2.05, 4.69) is 10.4 Å². The van der Waals surface area contributed by atoms with E-state index < -0.39 is 5.91 Å². The summed E-state index contributed by atoms with van der Waals surface area (Å²) in [5, 5.41) is 7.21. The Hall–Kier alpha value is -2.34. The second-order valence-corrected chi connectivity index (χ2v) is 4.97. The van der Waals surface area contributed by atoms with Crippen LogP contribution < -0.4 is 11.1 Å². The van der Waals surface area contributed by atoms with Gasteiger partial charge in [-0.2, -0.15) is 5.10 Å². The largest absolute Gasteiger partial charge is 0.364 e. The zero-order valence-corrected chi connectivity index (χ0v) is 12.4. The molecular formula is C14H15ClN4O2. The summed E-state index contributed by atoms with van der Waals surface area (Å²) in [6.07, 6.45) is 0. The van der Waals surface area contributed by atoms with Gasteiger partial charge >= 0.3 is 0 Å². The number of carbonyl (C=O) groups is 2. The maximum absolute atomic E-state index is 11.7. The Morgan fingerprint density at radius 3 is 2.67 bits per heavy atom. The van der Waals surface area contributed by atoms with Gasteiger partial charge in [0.1, 0.15) is 5.69 Å². The van der Waals surface area contributed by atoms with Crippen LogP contribution >= 0.6 is 11.6 Å². The van der Waals surface area contributed by atoms with Crippen LogP contribution in [0.5, 0.6) is 0 Å². The Bertz CT molecular complexity index is 696. The zero-order valence-electron chi connectivity index (χ0n) is 11.6. The van der Waals surface area contributed by atoms with Gasteiger partial charge in [0.2, 0.25) is 0 Å². The lowest BCUT2D eigenvalue weighted by Gasteiger charge is -2.15. The highest BCUT2D eigenvalue weighted by Gasteiger charge is 2.21. The molecule has 2 rings (SSSR count). The van der Waals surface area contributed by atoms with Crippen LogP contribution in [0.1, 0.15) is 39.5 Å². The summed E-state index contributed by atoms with van der Waals surface area (Å²) in [4.78, 5) is 23.2. The quantitative estimate of drug-likeness (QED) is 0.899. The summed E-state index contributed by atoms with van der Waals surface area (Å²) in [6, 6.07) is 8.29. The summed E-state index contributed by atoms with van der Waals surface area (Å²) in [6.45, 7) is 1.85. The Kier molecular flexibility index (Phi) is 4.28. The van der Waals surface area contributed by atoms with Crippen molar-refractivity contribution in [1.29, 1.82) is 0 Å². The molecule has 0 spiro atoms. The molecule has 2 amide bonds. The molecule has 0 aliphatic carbocycles. The fourth-order valence-corrected chi connectivity index (χ4v) is 2.22. The molecule has 0 radical (unpaired) electrons. The maximum atomic E-state index is 11.7. The van der Waals surface area contributed by atoms with Gasteiger partial charge in [0.25, 0.3) is 11.8 Å². The molecule has 1 unspecified atom stereocenters. The van der Waals surface area contributed by atoms with Gasteiger partial charge in [-0.05, 0) is 24.6 Å². The third kappa shape index (κ3) is 3.05. The second kappa shape index (κ2) is 5.97. The van der Waals surface area contributed by atoms with E-state index in [0.717, 1.165) is 5.56 Å². The van der Waals surface area contributed by atoms with E-state index in [4.69, 9.17) is 17.3 Å². The van der Waals surface area contributed by atoms with Gasteiger partial charge in [-0.15, -0.1) is 0 Å². The number of nitrogens with one attached hydrogen (secondary N) is 1. The maximum Gasteiger partial charge on any atom is 0.271 e. The van der Waals surface area contributed by atoms with E-state index in [-0.39, 0.29) is 23.3 Å². The van der Waals surface area contributed by atoms with E-state index >= 15 is 0 Å². The van der Waals surface area contributed by atoms with Crippen LogP contribution in [0.4, 0.5) is 0 Å². The van der Waals surface area contributed by atoms with Crippen LogP contribution in [-0.4, -0.2) is 28.6 Å². The van der Waals surface area contributed by atoms with Crippen molar-refractivity contribution in [3.8, 4) is 0 Å². The van der Waals surface area contributed by atoms with Crippen LogP contribution in [0, 0.1) is 0 Å². The van der Waals surface area contributed by atoms with Crippen LogP contribution in [0.25, 0.3) is 0 Å². The van der Waals surface area contributed by atoms with Crippen molar-refractivity contribution < 1.29 is 9.59 Å². The molecule has 110 valence electrons. The lowest BCUT2D eigenvalue weighted by atomic mass is 10.1. The fraction of sp³-hybridized carbons (Fsp3) is 0.214. The molecule has 0 bridgehead atoms. The summed E-state index contributed by atoms with van der Waals surface area (Å²) >= 11 is 5.97. The third-order valence-electron chi connectivity index (χ3n) is 3.15. The molecule has 2 aromatic rings. The lowest BCUT2D eigenvalue weighted by Crippen LogP contribution is -2.21. The molecular weight excluding hydrogens is 292 g/mol. The summed E-state index contributed by atoms with van der Waals surface area (Å²) in [7, 11) is 1.49. The first-order valence-electron chi connectivity index (χ1n) is 6.31. The molecule has 1 aromatic carbocycles. The van der Waals surface area contributed by atoms with Gasteiger partial charge in [0.15, 0.2) is 5.69 Å². The number of halogens is 1. The minimum Gasteiger partial charge on any atom is -0.364 e. The van der Waals surface area contributed by atoms with Crippen molar-refractivity contribution >= 4 is 23.4 Å². The molecule has 3 N–H and O–H groups in total. The molecule has 0 aliphatic heterocycles. The number of primary amides is 1. The number of aromatic nitrogens is 2. The smallest absolute Gasteiger partial charge is 0.271 e. The van der Waals surface area contributed by atoms with Crippen molar-refractivity contribution in [2.24, 2.45) is 5.73 Å². The van der Waals surface area contributed by atoms with Crippen molar-refractivity contribution in [3.05, 3.63) is 52.3 Å². The highest BCUT2D eigenvalue weighted by atomic mass is 35.5. The monoisotopic (exact) mass is 306 g/mol. The molecule has 1 aromatic heterocycles. The Labute approximate surface area is 126 Å². The van der Waals surface area contributed by atoms with Crippen LogP contribution in [0.15, 0.2) is 30.3 Å². The van der Waals surface area contributed by atoms with E-state index in [1.54, 1.807) is 18.2 Å². The van der Waals surface area contributed by atoms with Crippen molar-refractivity contribution in [2.45, 2.75) is 13.0 Å². The summed E-state index contributed by atoms with van der Waals surface area (Å²) < 4.78 is 1.43. The van der Waals surface area contributed by atoms with E-state index in [1.807, 2.05) is 13.0 Å². The minimum absolute atomic E-state index is 0.139. The van der Waals surface area contributed by atoms with Gasteiger partial charge in [0.05, 0.1) is 6.04 Å². The molecule has 1 heterocycles. The first kappa shape index (κ1) is 15.1. The van der Waals surface area contributed by atoms with Gasteiger partial charge in [-0.25, -0.2) is 0 Å². The van der Waals surface area contributed by atoms with Gasteiger partial charge in [-0.1, -0.05) is 23.7 Å². The fourth-order valence-electron chi connectivity index (χ4n) is 2.02. The average molecular weight is 307 g/mol. The molecule has 0 saturated heterocycles. The number of carbonyl (C=O) groups excluding carboxylic acids is 2. The molecule has 1 atom stereocenters. The molecule has 0 fully saturated rings. The predicted octanol–water partition coefficient (Wildman–Crippen LogP) is 1.60. The van der Waals surface area contributed by atoms with Crippen molar-refractivity contribution in [3.63, 3.8) is 0 Å². The molecule has 21 heavy (non-hydrogen) atoms. The van der Waals surface area contributed by atoms with E-state index in [9.17, 15) is 9.59 Å². The number of benzene rings is 1. The topological polar surface area (TPSA) is 90.0 Å². The van der Waals surface area contributed by atoms with Gasteiger partial charge < -0.3 is 11.1 Å². The molecule has 7 heteroatoms. The standard InChI is InChI=1S/C14H15ClN4O2/c1-8(9-4-3-5-10(15)6-9)19-12(13(16)20)7-11(18-19)14(21)17-2/h3-8H,1-2H3,(H2,16,20)(H,17,21). The second-order valence-electron chi connectivity index (χ2n) is 4.53. The number of nitrogens with two attached hydrogens (primary N) is 1. The predicted molar refractivity (Wildman–Crippen MR) is 79.4 cm³/mol. The number of hydrogen-bond acceptors (Lipinski definition) is 3. The summed E-state index contributed by atoms with van der Waals surface area (Å²) in [5.41, 5.74) is 6.52. The van der Waals surface area contributed by atoms with Gasteiger partial charge in [-0.3, -0.25) is 14.3 Å². The zero-order chi connectivity index (χ0) is 15.6. The lowest BCUT2D eigenvalue weighted by molar-refractivity contribution is 0.0955. The van der Waals surface area contributed by atoms with Crippen LogP contribution in [-0.2, 0) is 0 Å². The minimum atomic E-state index is -0.647. The van der Waals surface area contributed by atoms with Gasteiger partial charge in [0, 0.05) is 18.1 Å². The number of amides is 2. The van der Waals surface area contributed by atoms with Crippen LogP contribution in [0.3, 0.4) is 0 Å². The summed E-state index contributed by atoms with van der Waals surface area (Å²) in [5.74, 6) is -1.03. The number of nitrogens with zero attached hydrogens (tertiary/aromatic N) is 2. The number of rotatable bonds is 4. The Balaban J connectivity index is 2.49. The molecule has 0 aliphatic rings. The Morgan fingerprint density at radius 1 is 1.38 bits per heavy atom. The highest BCUT2D eigenvalue weighted by molar-refractivity contribution is 6.30. The Morgan fingerprint density at radius 2 is 2.10 bits per heavy atom. The van der Waals surface area contributed by atoms with Crippen molar-refractivity contribution in [1.82, 2.24) is 15.1 Å². The first-order valence-corrected chi connectivity index (χ1v) is 6.68. The molecule has 6 nitrogen and oxygen atoms in total. The first-order chi connectivity index (χ1) is 9.93. The molecule has 0 saturated carbocycles.